The minimum atomic E-state index is -0.250. The summed E-state index contributed by atoms with van der Waals surface area (Å²) in [5, 5.41) is 3.52. The second kappa shape index (κ2) is 7.93. The molecule has 2 aromatic carbocycles. The van der Waals surface area contributed by atoms with Crippen LogP contribution in [0.25, 0.3) is 22.7 Å². The number of hydrogen-bond donors (Lipinski definition) is 1. The van der Waals surface area contributed by atoms with Crippen LogP contribution >= 0.6 is 11.6 Å². The molecule has 7 heteroatoms. The first-order valence-electron chi connectivity index (χ1n) is 9.01. The maximum atomic E-state index is 12.3. The molecule has 2 heterocycles. The number of anilines is 1. The van der Waals surface area contributed by atoms with Crippen molar-refractivity contribution < 1.29 is 13.9 Å². The number of benzene rings is 2. The summed E-state index contributed by atoms with van der Waals surface area (Å²) in [5.74, 6) is 0.833. The van der Waals surface area contributed by atoms with E-state index in [1.807, 2.05) is 38.1 Å². The van der Waals surface area contributed by atoms with Crippen LogP contribution in [0.5, 0.6) is 5.75 Å². The Labute approximate surface area is 172 Å². The molecular formula is C22H18ClN3O3. The molecule has 0 fully saturated rings. The molecule has 2 aromatic heterocycles. The van der Waals surface area contributed by atoms with Gasteiger partial charge >= 0.3 is 0 Å². The van der Waals surface area contributed by atoms with E-state index in [4.69, 9.17) is 20.8 Å². The van der Waals surface area contributed by atoms with Gasteiger partial charge in [-0.15, -0.1) is 0 Å². The third-order valence-electron chi connectivity index (χ3n) is 4.41. The Morgan fingerprint density at radius 3 is 2.76 bits per heavy atom. The Morgan fingerprint density at radius 1 is 1.14 bits per heavy atom. The lowest BCUT2D eigenvalue weighted by atomic mass is 10.1. The summed E-state index contributed by atoms with van der Waals surface area (Å²) in [6.45, 7) is 3.69. The Kier molecular flexibility index (Phi) is 5.18. The van der Waals surface area contributed by atoms with Gasteiger partial charge in [0, 0.05) is 22.5 Å². The largest absolute Gasteiger partial charge is 0.484 e. The maximum absolute atomic E-state index is 12.3. The van der Waals surface area contributed by atoms with E-state index < -0.39 is 0 Å². The van der Waals surface area contributed by atoms with Crippen LogP contribution in [-0.4, -0.2) is 22.5 Å². The highest BCUT2D eigenvalue weighted by atomic mass is 35.5. The highest BCUT2D eigenvalue weighted by Gasteiger charge is 2.12. The van der Waals surface area contributed by atoms with Crippen LogP contribution in [0.3, 0.4) is 0 Å². The van der Waals surface area contributed by atoms with Crippen molar-refractivity contribution in [3.63, 3.8) is 0 Å². The fourth-order valence-electron chi connectivity index (χ4n) is 2.87. The zero-order valence-corrected chi connectivity index (χ0v) is 16.7. The van der Waals surface area contributed by atoms with Crippen LogP contribution in [0.1, 0.15) is 11.1 Å². The molecule has 0 atom stereocenters. The second-order valence-electron chi connectivity index (χ2n) is 6.62. The summed E-state index contributed by atoms with van der Waals surface area (Å²) >= 11 is 6.00. The molecule has 4 rings (SSSR count). The van der Waals surface area contributed by atoms with Crippen LogP contribution in [0, 0.1) is 13.8 Å². The second-order valence-corrected chi connectivity index (χ2v) is 7.03. The molecule has 0 aliphatic carbocycles. The van der Waals surface area contributed by atoms with Crippen LogP contribution in [-0.2, 0) is 4.79 Å². The third kappa shape index (κ3) is 4.22. The van der Waals surface area contributed by atoms with E-state index in [0.717, 1.165) is 16.7 Å². The molecule has 0 aliphatic rings. The van der Waals surface area contributed by atoms with Gasteiger partial charge in [0.05, 0.1) is 0 Å². The Hall–Kier alpha value is -3.38. The van der Waals surface area contributed by atoms with E-state index in [2.05, 4.69) is 15.3 Å². The molecular weight excluding hydrogens is 390 g/mol. The van der Waals surface area contributed by atoms with Crippen LogP contribution in [0.2, 0.25) is 5.02 Å². The number of aromatic nitrogens is 2. The monoisotopic (exact) mass is 407 g/mol. The lowest BCUT2D eigenvalue weighted by Crippen LogP contribution is -2.20. The number of hydrogen-bond acceptors (Lipinski definition) is 5. The molecule has 0 saturated heterocycles. The van der Waals surface area contributed by atoms with E-state index in [0.29, 0.717) is 33.6 Å². The Balaban J connectivity index is 1.43. The maximum Gasteiger partial charge on any atom is 0.262 e. The fraction of sp³-hybridized carbons (Fsp3) is 0.136. The highest BCUT2D eigenvalue weighted by Crippen LogP contribution is 2.27. The van der Waals surface area contributed by atoms with Gasteiger partial charge in [-0.2, -0.15) is 4.98 Å². The van der Waals surface area contributed by atoms with Crippen molar-refractivity contribution in [2.45, 2.75) is 13.8 Å². The molecule has 6 nitrogen and oxygen atoms in total. The highest BCUT2D eigenvalue weighted by molar-refractivity contribution is 6.31. The number of aryl methyl sites for hydroxylation is 2. The van der Waals surface area contributed by atoms with Crippen molar-refractivity contribution in [3.05, 3.63) is 70.9 Å². The number of halogens is 1. The number of oxazole rings is 1. The summed E-state index contributed by atoms with van der Waals surface area (Å²) in [6, 6.07) is 14.5. The summed E-state index contributed by atoms with van der Waals surface area (Å²) < 4.78 is 11.3. The number of fused-ring (bicyclic) bond motifs is 1. The topological polar surface area (TPSA) is 77.2 Å². The van der Waals surface area contributed by atoms with E-state index in [9.17, 15) is 4.79 Å². The number of nitrogens with one attached hydrogen (secondary N) is 1. The average molecular weight is 408 g/mol. The van der Waals surface area contributed by atoms with Gasteiger partial charge in [0.25, 0.3) is 5.91 Å². The molecule has 0 aliphatic heterocycles. The number of amides is 1. The number of rotatable bonds is 5. The summed E-state index contributed by atoms with van der Waals surface area (Å²) in [7, 11) is 0. The van der Waals surface area contributed by atoms with Crippen molar-refractivity contribution in [1.29, 1.82) is 0 Å². The zero-order chi connectivity index (χ0) is 20.4. The van der Waals surface area contributed by atoms with Crippen LogP contribution in [0.4, 0.5) is 5.69 Å². The summed E-state index contributed by atoms with van der Waals surface area (Å²) in [4.78, 5) is 20.8. The quantitative estimate of drug-likeness (QED) is 0.493. The molecule has 0 unspecified atom stereocenters. The van der Waals surface area contributed by atoms with Gasteiger partial charge < -0.3 is 14.5 Å². The lowest BCUT2D eigenvalue weighted by Gasteiger charge is -2.11. The van der Waals surface area contributed by atoms with E-state index in [1.165, 1.54) is 0 Å². The van der Waals surface area contributed by atoms with Gasteiger partial charge in [0.15, 0.2) is 17.8 Å². The predicted octanol–water partition coefficient (Wildman–Crippen LogP) is 5.18. The van der Waals surface area contributed by atoms with Crippen LogP contribution < -0.4 is 10.1 Å². The smallest absolute Gasteiger partial charge is 0.262 e. The van der Waals surface area contributed by atoms with Gasteiger partial charge in [-0.05, 0) is 73.5 Å². The number of ether oxygens (including phenoxy) is 1. The molecule has 0 saturated carbocycles. The molecule has 4 aromatic rings. The zero-order valence-electron chi connectivity index (χ0n) is 15.9. The van der Waals surface area contributed by atoms with Gasteiger partial charge in [0.1, 0.15) is 5.75 Å². The van der Waals surface area contributed by atoms with Crippen molar-refractivity contribution in [2.75, 3.05) is 11.9 Å². The molecule has 146 valence electrons. The summed E-state index contributed by atoms with van der Waals surface area (Å²) in [6.07, 6.45) is 1.67. The minimum absolute atomic E-state index is 0.0982. The minimum Gasteiger partial charge on any atom is -0.484 e. The van der Waals surface area contributed by atoms with E-state index in [1.54, 1.807) is 30.5 Å². The lowest BCUT2D eigenvalue weighted by molar-refractivity contribution is -0.118. The molecule has 0 bridgehead atoms. The third-order valence-corrected chi connectivity index (χ3v) is 4.84. The number of nitrogens with zero attached hydrogens (tertiary/aromatic N) is 2. The molecule has 29 heavy (non-hydrogen) atoms. The van der Waals surface area contributed by atoms with Crippen molar-refractivity contribution >= 4 is 34.4 Å². The van der Waals surface area contributed by atoms with Crippen molar-refractivity contribution in [2.24, 2.45) is 0 Å². The predicted molar refractivity (Wildman–Crippen MR) is 112 cm³/mol. The summed E-state index contributed by atoms with van der Waals surface area (Å²) in [5.41, 5.74) is 4.48. The van der Waals surface area contributed by atoms with Gasteiger partial charge in [-0.1, -0.05) is 11.6 Å². The Bertz CT molecular complexity index is 1170. The normalized spacial score (nSPS) is 10.9. The number of pyridine rings is 1. The van der Waals surface area contributed by atoms with E-state index in [-0.39, 0.29) is 12.5 Å². The number of carbonyl (C=O) groups is 1. The molecule has 0 radical (unpaired) electrons. The Morgan fingerprint density at radius 2 is 2.00 bits per heavy atom. The fourth-order valence-corrected chi connectivity index (χ4v) is 2.99. The van der Waals surface area contributed by atoms with Crippen LogP contribution in [0.15, 0.2) is 59.1 Å². The first-order chi connectivity index (χ1) is 14.0. The standard InChI is InChI=1S/C22H18ClN3O3/c1-13-11-16(6-7-17(13)23)28-12-20(27)25-18-8-5-15(10-14(18)2)22-26-21-19(29-22)4-3-9-24-21/h3-11H,12H2,1-2H3,(H,25,27). The molecule has 1 N–H and O–H groups in total. The van der Waals surface area contributed by atoms with Crippen molar-refractivity contribution in [1.82, 2.24) is 9.97 Å². The first kappa shape index (κ1) is 19.0. The van der Waals surface area contributed by atoms with Crippen molar-refractivity contribution in [3.8, 4) is 17.2 Å². The SMILES string of the molecule is Cc1cc(OCC(=O)Nc2ccc(-c3nc4ncccc4o3)cc2C)ccc1Cl. The van der Waals surface area contributed by atoms with Gasteiger partial charge in [0.2, 0.25) is 5.89 Å². The van der Waals surface area contributed by atoms with Gasteiger partial charge in [-0.25, -0.2) is 4.98 Å². The first-order valence-corrected chi connectivity index (χ1v) is 9.39. The molecule has 0 spiro atoms. The van der Waals surface area contributed by atoms with E-state index >= 15 is 0 Å². The number of carbonyl (C=O) groups excluding carboxylic acids is 1. The van der Waals surface area contributed by atoms with Gasteiger partial charge in [-0.3, -0.25) is 4.79 Å². The average Bonchev–Trinajstić information content (AvgIpc) is 3.15. The molecule has 1 amide bonds.